The largest absolute Gasteiger partial charge is 0.359 e. The van der Waals surface area contributed by atoms with E-state index < -0.39 is 0 Å². The number of nitrogens with zero attached hydrogens (tertiary/aromatic N) is 4. The zero-order valence-electron chi connectivity index (χ0n) is 16.3. The third-order valence-electron chi connectivity index (χ3n) is 4.75. The highest BCUT2D eigenvalue weighted by Gasteiger charge is 2.20. The van der Waals surface area contributed by atoms with Crippen molar-refractivity contribution in [3.8, 4) is 0 Å². The number of aryl methyl sites for hydroxylation is 1. The molecule has 2 aromatic rings. The summed E-state index contributed by atoms with van der Waals surface area (Å²) >= 11 is 0. The van der Waals surface area contributed by atoms with Crippen LogP contribution in [0.15, 0.2) is 40.0 Å². The van der Waals surface area contributed by atoms with Gasteiger partial charge in [0.25, 0.3) is 0 Å². The number of rotatable bonds is 7. The number of guanidine groups is 1. The van der Waals surface area contributed by atoms with E-state index in [0.29, 0.717) is 12.6 Å². The minimum Gasteiger partial charge on any atom is -0.359 e. The predicted molar refractivity (Wildman–Crippen MR) is 106 cm³/mol. The molecule has 1 aliphatic heterocycles. The van der Waals surface area contributed by atoms with E-state index in [9.17, 15) is 0 Å². The number of piperidine rings is 1. The van der Waals surface area contributed by atoms with Crippen molar-refractivity contribution in [3.63, 3.8) is 0 Å². The summed E-state index contributed by atoms with van der Waals surface area (Å²) in [5, 5.41) is 10.9. The minimum absolute atomic E-state index is 0.434. The average Bonchev–Trinajstić information content (AvgIpc) is 3.17. The third-order valence-corrected chi connectivity index (χ3v) is 4.75. The Morgan fingerprint density at radius 2 is 2.11 bits per heavy atom. The van der Waals surface area contributed by atoms with Gasteiger partial charge in [0.05, 0.1) is 11.4 Å². The molecule has 0 spiro atoms. The van der Waals surface area contributed by atoms with E-state index in [1.807, 2.05) is 24.4 Å². The Morgan fingerprint density at radius 1 is 1.26 bits per heavy atom. The lowest BCUT2D eigenvalue weighted by atomic mass is 10.0. The molecule has 2 N–H and O–H groups in total. The van der Waals surface area contributed by atoms with Crippen LogP contribution >= 0.6 is 0 Å². The molecule has 0 aliphatic carbocycles. The Balaban J connectivity index is 1.48. The second-order valence-corrected chi connectivity index (χ2v) is 6.85. The molecule has 0 saturated carbocycles. The van der Waals surface area contributed by atoms with E-state index in [0.717, 1.165) is 68.5 Å². The molecule has 1 aliphatic rings. The van der Waals surface area contributed by atoms with Crippen molar-refractivity contribution < 1.29 is 4.52 Å². The zero-order chi connectivity index (χ0) is 18.9. The van der Waals surface area contributed by atoms with Crippen LogP contribution < -0.4 is 10.6 Å². The van der Waals surface area contributed by atoms with Gasteiger partial charge in [-0.1, -0.05) is 18.1 Å². The number of aromatic nitrogens is 2. The van der Waals surface area contributed by atoms with Crippen molar-refractivity contribution in [2.45, 2.75) is 52.2 Å². The summed E-state index contributed by atoms with van der Waals surface area (Å²) in [6.07, 6.45) is 4.93. The molecule has 0 aromatic carbocycles. The second kappa shape index (κ2) is 10.1. The van der Waals surface area contributed by atoms with Gasteiger partial charge in [-0.2, -0.15) is 0 Å². The van der Waals surface area contributed by atoms with Crippen molar-refractivity contribution in [2.75, 3.05) is 19.6 Å². The van der Waals surface area contributed by atoms with Crippen LogP contribution in [0.5, 0.6) is 0 Å². The van der Waals surface area contributed by atoms with E-state index in [1.165, 1.54) is 0 Å². The topological polar surface area (TPSA) is 78.6 Å². The number of nitrogens with one attached hydrogen (secondary N) is 2. The molecule has 7 nitrogen and oxygen atoms in total. The van der Waals surface area contributed by atoms with Crippen molar-refractivity contribution in [1.29, 1.82) is 0 Å². The summed E-state index contributed by atoms with van der Waals surface area (Å²) in [6.45, 7) is 8.53. The van der Waals surface area contributed by atoms with Crippen LogP contribution in [0, 0.1) is 0 Å². The Labute approximate surface area is 161 Å². The van der Waals surface area contributed by atoms with Gasteiger partial charge in [0.1, 0.15) is 6.54 Å². The molecule has 0 unspecified atom stereocenters. The SMILES string of the molecule is CCNC(=NCc1cc(CC)no1)NC1CCN(Cc2ccccn2)CC1. The number of hydrogen-bond donors (Lipinski definition) is 2. The molecule has 1 fully saturated rings. The highest BCUT2D eigenvalue weighted by Crippen LogP contribution is 2.13. The van der Waals surface area contributed by atoms with Crippen LogP contribution in [0.3, 0.4) is 0 Å². The maximum atomic E-state index is 5.32. The molecule has 7 heteroatoms. The highest BCUT2D eigenvalue weighted by molar-refractivity contribution is 5.80. The van der Waals surface area contributed by atoms with E-state index in [2.05, 4.69) is 50.6 Å². The van der Waals surface area contributed by atoms with Crippen molar-refractivity contribution in [3.05, 3.63) is 47.6 Å². The molecule has 3 rings (SSSR count). The fourth-order valence-corrected chi connectivity index (χ4v) is 3.22. The summed E-state index contributed by atoms with van der Waals surface area (Å²) < 4.78 is 5.32. The Kier molecular flexibility index (Phi) is 7.21. The summed E-state index contributed by atoms with van der Waals surface area (Å²) in [5.74, 6) is 1.64. The summed E-state index contributed by atoms with van der Waals surface area (Å²) in [7, 11) is 0. The summed E-state index contributed by atoms with van der Waals surface area (Å²) in [6, 6.07) is 8.51. The van der Waals surface area contributed by atoms with E-state index in [4.69, 9.17) is 4.52 Å². The fourth-order valence-electron chi connectivity index (χ4n) is 3.22. The third kappa shape index (κ3) is 6.06. The lowest BCUT2D eigenvalue weighted by Crippen LogP contribution is -2.48. The van der Waals surface area contributed by atoms with Gasteiger partial charge in [0.15, 0.2) is 11.7 Å². The molecular formula is C20H30N6O. The van der Waals surface area contributed by atoms with Gasteiger partial charge >= 0.3 is 0 Å². The fraction of sp³-hybridized carbons (Fsp3) is 0.550. The number of pyridine rings is 1. The normalized spacial score (nSPS) is 16.4. The quantitative estimate of drug-likeness (QED) is 0.575. The second-order valence-electron chi connectivity index (χ2n) is 6.85. The lowest BCUT2D eigenvalue weighted by Gasteiger charge is -2.32. The molecule has 27 heavy (non-hydrogen) atoms. The van der Waals surface area contributed by atoms with Crippen LogP contribution in [0.2, 0.25) is 0 Å². The molecule has 1 saturated heterocycles. The monoisotopic (exact) mass is 370 g/mol. The van der Waals surface area contributed by atoms with E-state index >= 15 is 0 Å². The maximum absolute atomic E-state index is 5.32. The number of likely N-dealkylation sites (tertiary alicyclic amines) is 1. The Hall–Kier alpha value is -2.41. The molecule has 0 radical (unpaired) electrons. The molecule has 146 valence electrons. The standard InChI is InChI=1S/C20H30N6O/c1-3-16-13-19(27-25-16)14-23-20(21-4-2)24-17-8-11-26(12-9-17)15-18-7-5-6-10-22-18/h5-7,10,13,17H,3-4,8-9,11-12,14-15H2,1-2H3,(H2,21,23,24). The number of hydrogen-bond acceptors (Lipinski definition) is 5. The maximum Gasteiger partial charge on any atom is 0.191 e. The van der Waals surface area contributed by atoms with Crippen molar-refractivity contribution in [2.24, 2.45) is 4.99 Å². The van der Waals surface area contributed by atoms with Gasteiger partial charge in [0, 0.05) is 44.5 Å². The zero-order valence-corrected chi connectivity index (χ0v) is 16.3. The average molecular weight is 371 g/mol. The van der Waals surface area contributed by atoms with Gasteiger partial charge in [0.2, 0.25) is 0 Å². The molecule has 3 heterocycles. The van der Waals surface area contributed by atoms with E-state index in [1.54, 1.807) is 0 Å². The van der Waals surface area contributed by atoms with Crippen LogP contribution in [-0.4, -0.2) is 46.7 Å². The molecule has 0 amide bonds. The molecule has 2 aromatic heterocycles. The highest BCUT2D eigenvalue weighted by atomic mass is 16.5. The van der Waals surface area contributed by atoms with Crippen LogP contribution in [0.1, 0.15) is 43.8 Å². The lowest BCUT2D eigenvalue weighted by molar-refractivity contribution is 0.196. The first-order chi connectivity index (χ1) is 13.3. The first-order valence-corrected chi connectivity index (χ1v) is 9.88. The smallest absolute Gasteiger partial charge is 0.191 e. The predicted octanol–water partition coefficient (Wildman–Crippen LogP) is 2.35. The van der Waals surface area contributed by atoms with Gasteiger partial charge in [-0.15, -0.1) is 0 Å². The summed E-state index contributed by atoms with van der Waals surface area (Å²) in [4.78, 5) is 11.5. The Bertz CT molecular complexity index is 706. The Morgan fingerprint density at radius 3 is 2.78 bits per heavy atom. The molecular weight excluding hydrogens is 340 g/mol. The van der Waals surface area contributed by atoms with Crippen molar-refractivity contribution >= 4 is 5.96 Å². The first-order valence-electron chi connectivity index (χ1n) is 9.88. The van der Waals surface area contributed by atoms with Gasteiger partial charge in [-0.3, -0.25) is 9.88 Å². The van der Waals surface area contributed by atoms with Gasteiger partial charge in [-0.05, 0) is 38.3 Å². The van der Waals surface area contributed by atoms with Gasteiger partial charge in [-0.25, -0.2) is 4.99 Å². The molecule has 0 atom stereocenters. The van der Waals surface area contributed by atoms with Crippen molar-refractivity contribution in [1.82, 2.24) is 25.7 Å². The molecule has 0 bridgehead atoms. The van der Waals surface area contributed by atoms with Crippen LogP contribution in [-0.2, 0) is 19.5 Å². The minimum atomic E-state index is 0.434. The van der Waals surface area contributed by atoms with Crippen LogP contribution in [0.4, 0.5) is 0 Å². The van der Waals surface area contributed by atoms with Crippen LogP contribution in [0.25, 0.3) is 0 Å². The van der Waals surface area contributed by atoms with Gasteiger partial charge < -0.3 is 15.2 Å². The number of aliphatic imine (C=N–C) groups is 1. The summed E-state index contributed by atoms with van der Waals surface area (Å²) in [5.41, 5.74) is 2.11. The van der Waals surface area contributed by atoms with E-state index in [-0.39, 0.29) is 0 Å². The first kappa shape index (κ1) is 19.4.